The number of para-hydroxylation sites is 1. The molecular weight excluding hydrogens is 573 g/mol. The summed E-state index contributed by atoms with van der Waals surface area (Å²) < 4.78 is 68.2. The third-order valence-corrected chi connectivity index (χ3v) is 9.15. The van der Waals surface area contributed by atoms with Crippen LogP contribution in [0.3, 0.4) is 0 Å². The number of piperidine rings is 2. The number of nitrogens with one attached hydrogen (secondary N) is 3. The summed E-state index contributed by atoms with van der Waals surface area (Å²) in [6, 6.07) is 2.74. The van der Waals surface area contributed by atoms with Gasteiger partial charge in [0.1, 0.15) is 11.7 Å². The molecule has 0 radical (unpaired) electrons. The number of hydrogen-bond acceptors (Lipinski definition) is 5. The Morgan fingerprint density at radius 3 is 2.65 bits per heavy atom. The average Bonchev–Trinajstić information content (AvgIpc) is 3.49. The number of sulfone groups is 1. The number of halogens is 4. The summed E-state index contributed by atoms with van der Waals surface area (Å²) in [7, 11) is -4.27. The Morgan fingerprint density at radius 1 is 1.27 bits per heavy atom. The van der Waals surface area contributed by atoms with Crippen LogP contribution in [0.25, 0.3) is 10.9 Å². The highest BCUT2D eigenvalue weighted by molar-refractivity contribution is 7.94. The lowest BCUT2D eigenvalue weighted by atomic mass is 9.71. The van der Waals surface area contributed by atoms with Gasteiger partial charge in [-0.2, -0.15) is 4.39 Å². The van der Waals surface area contributed by atoms with Crippen molar-refractivity contribution in [1.82, 2.24) is 20.5 Å². The maximum atomic E-state index is 15.1. The number of amides is 3. The monoisotopic (exact) mass is 600 g/mol. The first-order valence-corrected chi connectivity index (χ1v) is 15.2. The van der Waals surface area contributed by atoms with Gasteiger partial charge in [0.2, 0.25) is 26.8 Å². The topological polar surface area (TPSA) is 128 Å². The van der Waals surface area contributed by atoms with Crippen molar-refractivity contribution in [3.8, 4) is 0 Å². The number of carbonyl (C=O) groups is 3. The standard InChI is InChI=1S/C26H28ClF3N4O5S/c1-40(38,39)20(28)11-15(9-14-7-8-31-23(14)35)32-24(36)22-17-6-5-16(12-26(17,29)30)34(22)25(37)19-10-13-3-2-4-18(27)21(13)33-19/h2-4,10-11,14-17,22,33H,5-9,12H2,1H3,(H,31,35)(H,32,36)/b20-11-/t14-,15+,16-,17-,22-/m1/s1. The van der Waals surface area contributed by atoms with Gasteiger partial charge in [-0.05, 0) is 43.9 Å². The van der Waals surface area contributed by atoms with Crippen LogP contribution < -0.4 is 10.6 Å². The third kappa shape index (κ3) is 5.32. The lowest BCUT2D eigenvalue weighted by Gasteiger charge is -2.53. The first-order valence-electron chi connectivity index (χ1n) is 12.9. The van der Waals surface area contributed by atoms with Crippen molar-refractivity contribution < 1.29 is 36.0 Å². The van der Waals surface area contributed by atoms with E-state index < -0.39 is 69.1 Å². The van der Waals surface area contributed by atoms with E-state index in [0.717, 1.165) is 4.90 Å². The Hall–Kier alpha value is -3.06. The van der Waals surface area contributed by atoms with Crippen molar-refractivity contribution in [1.29, 1.82) is 0 Å². The molecule has 3 N–H and O–H groups in total. The van der Waals surface area contributed by atoms with Crippen molar-refractivity contribution in [3.63, 3.8) is 0 Å². The molecule has 1 aliphatic carbocycles. The number of aromatic amines is 1. The Labute approximate surface area is 233 Å². The number of benzene rings is 1. The van der Waals surface area contributed by atoms with Crippen LogP contribution in [0.4, 0.5) is 13.2 Å². The SMILES string of the molecule is CS(=O)(=O)/C(F)=C\[C@H](C[C@H]1CCNC1=O)NC(=O)[C@H]1[C@H]2CC[C@H](CC2(F)F)N1C(=O)c1cc2cccc(Cl)c2[nH]1. The van der Waals surface area contributed by atoms with Crippen LogP contribution in [-0.4, -0.2) is 72.9 Å². The Morgan fingerprint density at radius 2 is 2.02 bits per heavy atom. The predicted molar refractivity (Wildman–Crippen MR) is 141 cm³/mol. The summed E-state index contributed by atoms with van der Waals surface area (Å²) in [5.74, 6) is -7.37. The molecule has 0 spiro atoms. The summed E-state index contributed by atoms with van der Waals surface area (Å²) in [6.07, 6.45) is 1.19. The van der Waals surface area contributed by atoms with Crippen LogP contribution in [-0.2, 0) is 19.4 Å². The molecule has 2 aromatic rings. The summed E-state index contributed by atoms with van der Waals surface area (Å²) in [4.78, 5) is 43.6. The number of hydrogen-bond donors (Lipinski definition) is 3. The minimum atomic E-state index is -4.27. The van der Waals surface area contributed by atoms with E-state index in [9.17, 15) is 27.2 Å². The Kier molecular flexibility index (Phi) is 7.40. The molecule has 6 rings (SSSR count). The second-order valence-electron chi connectivity index (χ2n) is 10.7. The van der Waals surface area contributed by atoms with E-state index in [0.29, 0.717) is 41.2 Å². The zero-order chi connectivity index (χ0) is 29.0. The van der Waals surface area contributed by atoms with Crippen LogP contribution in [0, 0.1) is 11.8 Å². The number of H-pyrrole nitrogens is 1. The number of rotatable bonds is 7. The van der Waals surface area contributed by atoms with Crippen molar-refractivity contribution >= 4 is 50.1 Å². The highest BCUT2D eigenvalue weighted by Gasteiger charge is 2.60. The van der Waals surface area contributed by atoms with Gasteiger partial charge in [-0.3, -0.25) is 14.4 Å². The van der Waals surface area contributed by atoms with Crippen molar-refractivity contribution in [3.05, 3.63) is 46.2 Å². The number of carbonyl (C=O) groups excluding carboxylic acids is 3. The fourth-order valence-electron chi connectivity index (χ4n) is 6.07. The minimum Gasteiger partial charge on any atom is -0.356 e. The molecule has 0 unspecified atom stereocenters. The second kappa shape index (κ2) is 10.4. The third-order valence-electron chi connectivity index (χ3n) is 7.99. The highest BCUT2D eigenvalue weighted by atomic mass is 35.5. The Bertz CT molecular complexity index is 1510. The van der Waals surface area contributed by atoms with Crippen LogP contribution in [0.15, 0.2) is 35.5 Å². The molecule has 40 heavy (non-hydrogen) atoms. The van der Waals surface area contributed by atoms with Gasteiger partial charge in [-0.15, -0.1) is 0 Å². The largest absolute Gasteiger partial charge is 0.356 e. The van der Waals surface area contributed by atoms with Crippen LogP contribution in [0.2, 0.25) is 5.02 Å². The molecular formula is C26H28ClF3N4O5S. The van der Waals surface area contributed by atoms with Crippen molar-refractivity contribution in [2.45, 2.75) is 56.2 Å². The fourth-order valence-corrected chi connectivity index (χ4v) is 6.71. The maximum absolute atomic E-state index is 15.1. The lowest BCUT2D eigenvalue weighted by molar-refractivity contribution is -0.179. The zero-order valence-electron chi connectivity index (χ0n) is 21.4. The zero-order valence-corrected chi connectivity index (χ0v) is 23.0. The van der Waals surface area contributed by atoms with E-state index in [1.807, 2.05) is 0 Å². The molecule has 9 nitrogen and oxygen atoms in total. The van der Waals surface area contributed by atoms with Gasteiger partial charge in [-0.1, -0.05) is 23.7 Å². The molecule has 4 heterocycles. The first kappa shape index (κ1) is 28.5. The lowest BCUT2D eigenvalue weighted by Crippen LogP contribution is -2.68. The van der Waals surface area contributed by atoms with Gasteiger partial charge in [0, 0.05) is 36.6 Å². The number of aromatic nitrogens is 1. The predicted octanol–water partition coefficient (Wildman–Crippen LogP) is 3.32. The summed E-state index contributed by atoms with van der Waals surface area (Å²) in [5, 5.41) is 4.55. The van der Waals surface area contributed by atoms with E-state index in [1.165, 1.54) is 6.07 Å². The molecule has 4 fully saturated rings. The molecule has 4 aliphatic rings. The molecule has 5 atom stereocenters. The van der Waals surface area contributed by atoms with Crippen LogP contribution in [0.1, 0.15) is 42.6 Å². The molecule has 216 valence electrons. The van der Waals surface area contributed by atoms with Crippen LogP contribution in [0.5, 0.6) is 0 Å². The minimum absolute atomic E-state index is 0.0126. The summed E-state index contributed by atoms with van der Waals surface area (Å²) in [6.45, 7) is 0.359. The van der Waals surface area contributed by atoms with E-state index in [2.05, 4.69) is 15.6 Å². The summed E-state index contributed by atoms with van der Waals surface area (Å²) >= 11 is 6.22. The first-order chi connectivity index (χ1) is 18.8. The van der Waals surface area contributed by atoms with Gasteiger partial charge in [-0.25, -0.2) is 17.2 Å². The van der Waals surface area contributed by atoms with Gasteiger partial charge < -0.3 is 20.5 Å². The molecule has 1 aromatic carbocycles. The molecule has 14 heteroatoms. The average molecular weight is 601 g/mol. The Balaban J connectivity index is 1.48. The second-order valence-corrected chi connectivity index (χ2v) is 13.1. The van der Waals surface area contributed by atoms with Crippen molar-refractivity contribution in [2.24, 2.45) is 11.8 Å². The highest BCUT2D eigenvalue weighted by Crippen LogP contribution is 2.49. The van der Waals surface area contributed by atoms with Crippen molar-refractivity contribution in [2.75, 3.05) is 12.8 Å². The molecule has 3 saturated heterocycles. The fraction of sp³-hybridized carbons (Fsp3) is 0.500. The molecule has 2 bridgehead atoms. The smallest absolute Gasteiger partial charge is 0.271 e. The maximum Gasteiger partial charge on any atom is 0.271 e. The molecule has 3 amide bonds. The molecule has 1 saturated carbocycles. The van der Waals surface area contributed by atoms with E-state index >= 15 is 8.78 Å². The normalized spacial score (nSPS) is 27.1. The van der Waals surface area contributed by atoms with E-state index in [1.54, 1.807) is 18.2 Å². The van der Waals surface area contributed by atoms with Gasteiger partial charge >= 0.3 is 0 Å². The van der Waals surface area contributed by atoms with Crippen LogP contribution >= 0.6 is 11.6 Å². The molecule has 1 aromatic heterocycles. The summed E-state index contributed by atoms with van der Waals surface area (Å²) in [5.41, 5.74) is 0.552. The van der Waals surface area contributed by atoms with E-state index in [4.69, 9.17) is 11.6 Å². The quantitative estimate of drug-likeness (QED) is 0.449. The van der Waals surface area contributed by atoms with E-state index in [-0.39, 0.29) is 30.9 Å². The molecule has 3 aliphatic heterocycles. The van der Waals surface area contributed by atoms with Gasteiger partial charge in [0.25, 0.3) is 11.8 Å². The van der Waals surface area contributed by atoms with Gasteiger partial charge in [0.05, 0.1) is 22.5 Å². The van der Waals surface area contributed by atoms with Gasteiger partial charge in [0.15, 0.2) is 0 Å². The number of fused-ring (bicyclic) bond motifs is 4. The number of alkyl halides is 2. The number of nitrogens with zero attached hydrogens (tertiary/aromatic N) is 1.